The highest BCUT2D eigenvalue weighted by Gasteiger charge is 2.13. The van der Waals surface area contributed by atoms with Gasteiger partial charge in [-0.3, -0.25) is 4.79 Å². The van der Waals surface area contributed by atoms with E-state index in [1.165, 1.54) is 0 Å². The molecule has 0 heterocycles. The molecule has 0 radical (unpaired) electrons. The first-order valence-corrected chi connectivity index (χ1v) is 4.18. The Labute approximate surface area is 67.8 Å². The molecule has 0 aromatic carbocycles. The van der Waals surface area contributed by atoms with Gasteiger partial charge in [-0.1, -0.05) is 20.8 Å². The Bertz CT molecular complexity index is 110. The van der Waals surface area contributed by atoms with E-state index in [1.54, 1.807) is 0 Å². The summed E-state index contributed by atoms with van der Waals surface area (Å²) in [6.07, 6.45) is 1.36. The molecule has 0 bridgehead atoms. The first kappa shape index (κ1) is 9.96. The molecule has 0 fully saturated rings. The fourth-order valence-electron chi connectivity index (χ4n) is 0.767. The summed E-state index contributed by atoms with van der Waals surface area (Å²) < 4.78 is 0. The highest BCUT2D eigenvalue weighted by atomic mass is 35.5. The van der Waals surface area contributed by atoms with Gasteiger partial charge in [-0.05, 0) is 12.3 Å². The average Bonchev–Trinajstić information content (AvgIpc) is 1.85. The number of Topliss-reactive ketones (excluding diaryl/α,β-unsaturated/α-hetero) is 1. The van der Waals surface area contributed by atoms with Crippen LogP contribution in [0.5, 0.6) is 0 Å². The van der Waals surface area contributed by atoms with Crippen molar-refractivity contribution >= 4 is 17.4 Å². The number of halogens is 1. The Kier molecular flexibility index (Phi) is 4.71. The van der Waals surface area contributed by atoms with Crippen molar-refractivity contribution in [3.63, 3.8) is 0 Å². The maximum Gasteiger partial charge on any atom is 0.150 e. The fraction of sp³-hybridized carbons (Fsp3) is 0.875. The van der Waals surface area contributed by atoms with Crippen LogP contribution in [0.25, 0.3) is 0 Å². The van der Waals surface area contributed by atoms with E-state index >= 15 is 0 Å². The van der Waals surface area contributed by atoms with E-state index in [0.717, 1.165) is 6.42 Å². The van der Waals surface area contributed by atoms with Crippen LogP contribution in [-0.2, 0) is 4.79 Å². The molecule has 0 saturated heterocycles. The van der Waals surface area contributed by atoms with Gasteiger partial charge in [0.05, 0.1) is 5.38 Å². The van der Waals surface area contributed by atoms with Gasteiger partial charge in [-0.25, -0.2) is 0 Å². The van der Waals surface area contributed by atoms with Gasteiger partial charge in [0.15, 0.2) is 0 Å². The molecule has 1 unspecified atom stereocenters. The predicted molar refractivity (Wildman–Crippen MR) is 44.4 cm³/mol. The van der Waals surface area contributed by atoms with Gasteiger partial charge in [-0.15, -0.1) is 11.6 Å². The monoisotopic (exact) mass is 162 g/mol. The quantitative estimate of drug-likeness (QED) is 0.581. The Morgan fingerprint density at radius 1 is 1.50 bits per heavy atom. The SMILES string of the molecule is CCC(=O)C(Cl)CC(C)C. The van der Waals surface area contributed by atoms with Crippen molar-refractivity contribution in [1.82, 2.24) is 0 Å². The zero-order valence-corrected chi connectivity index (χ0v) is 7.61. The van der Waals surface area contributed by atoms with Crippen LogP contribution >= 0.6 is 11.6 Å². The summed E-state index contributed by atoms with van der Waals surface area (Å²) in [6, 6.07) is 0. The fourth-order valence-corrected chi connectivity index (χ4v) is 1.28. The molecule has 0 amide bonds. The molecule has 0 aliphatic carbocycles. The van der Waals surface area contributed by atoms with E-state index in [9.17, 15) is 4.79 Å². The lowest BCUT2D eigenvalue weighted by Gasteiger charge is -2.08. The topological polar surface area (TPSA) is 17.1 Å². The first-order chi connectivity index (χ1) is 4.57. The van der Waals surface area contributed by atoms with Crippen LogP contribution in [-0.4, -0.2) is 11.2 Å². The molecule has 0 aliphatic rings. The summed E-state index contributed by atoms with van der Waals surface area (Å²) in [7, 11) is 0. The maximum atomic E-state index is 10.9. The highest BCUT2D eigenvalue weighted by molar-refractivity contribution is 6.31. The van der Waals surface area contributed by atoms with Crippen LogP contribution in [0.3, 0.4) is 0 Å². The summed E-state index contributed by atoms with van der Waals surface area (Å²) in [5.74, 6) is 0.674. The molecule has 0 aromatic rings. The Morgan fingerprint density at radius 2 is 2.00 bits per heavy atom. The van der Waals surface area contributed by atoms with E-state index in [4.69, 9.17) is 11.6 Å². The van der Waals surface area contributed by atoms with E-state index in [2.05, 4.69) is 13.8 Å². The number of carbonyl (C=O) groups excluding carboxylic acids is 1. The van der Waals surface area contributed by atoms with Crippen molar-refractivity contribution in [3.05, 3.63) is 0 Å². The summed E-state index contributed by atoms with van der Waals surface area (Å²) in [4.78, 5) is 10.9. The number of hydrogen-bond donors (Lipinski definition) is 0. The number of carbonyl (C=O) groups is 1. The lowest BCUT2D eigenvalue weighted by molar-refractivity contribution is -0.118. The summed E-state index contributed by atoms with van der Waals surface area (Å²) in [5.41, 5.74) is 0. The molecule has 0 aromatic heterocycles. The molecule has 0 rings (SSSR count). The van der Waals surface area contributed by atoms with Crippen molar-refractivity contribution in [1.29, 1.82) is 0 Å². The molecule has 60 valence electrons. The zero-order valence-electron chi connectivity index (χ0n) is 6.86. The molecule has 10 heavy (non-hydrogen) atoms. The zero-order chi connectivity index (χ0) is 8.15. The van der Waals surface area contributed by atoms with Gasteiger partial charge >= 0.3 is 0 Å². The molecule has 1 nitrogen and oxygen atoms in total. The third-order valence-corrected chi connectivity index (χ3v) is 1.80. The molecule has 1 atom stereocenters. The second-order valence-corrected chi connectivity index (χ2v) is 3.44. The third kappa shape index (κ3) is 3.89. The van der Waals surface area contributed by atoms with Gasteiger partial charge in [-0.2, -0.15) is 0 Å². The van der Waals surface area contributed by atoms with Gasteiger partial charge < -0.3 is 0 Å². The molecule has 0 saturated carbocycles. The number of alkyl halides is 1. The van der Waals surface area contributed by atoms with Gasteiger partial charge in [0, 0.05) is 6.42 Å². The molecular formula is C8H15ClO. The van der Waals surface area contributed by atoms with Gasteiger partial charge in [0.25, 0.3) is 0 Å². The normalized spacial score (nSPS) is 13.7. The summed E-state index contributed by atoms with van der Waals surface area (Å²) >= 11 is 5.78. The van der Waals surface area contributed by atoms with E-state index < -0.39 is 0 Å². The Hall–Kier alpha value is -0.0400. The van der Waals surface area contributed by atoms with Crippen LogP contribution in [0, 0.1) is 5.92 Å². The smallest absolute Gasteiger partial charge is 0.150 e. The maximum absolute atomic E-state index is 10.9. The lowest BCUT2D eigenvalue weighted by atomic mass is 10.0. The molecule has 0 spiro atoms. The van der Waals surface area contributed by atoms with E-state index in [0.29, 0.717) is 12.3 Å². The lowest BCUT2D eigenvalue weighted by Crippen LogP contribution is -2.15. The van der Waals surface area contributed by atoms with Crippen molar-refractivity contribution in [2.45, 2.75) is 39.0 Å². The van der Waals surface area contributed by atoms with Crippen LogP contribution in [0.1, 0.15) is 33.6 Å². The van der Waals surface area contributed by atoms with Crippen LogP contribution in [0.2, 0.25) is 0 Å². The van der Waals surface area contributed by atoms with Gasteiger partial charge in [0.1, 0.15) is 5.78 Å². The van der Waals surface area contributed by atoms with Crippen molar-refractivity contribution in [3.8, 4) is 0 Å². The first-order valence-electron chi connectivity index (χ1n) is 3.74. The average molecular weight is 163 g/mol. The van der Waals surface area contributed by atoms with Crippen LogP contribution < -0.4 is 0 Å². The van der Waals surface area contributed by atoms with Crippen molar-refractivity contribution < 1.29 is 4.79 Å². The van der Waals surface area contributed by atoms with E-state index in [1.807, 2.05) is 6.92 Å². The Morgan fingerprint density at radius 3 is 2.30 bits per heavy atom. The second kappa shape index (κ2) is 4.73. The molecule has 2 heteroatoms. The molecule has 0 aliphatic heterocycles. The van der Waals surface area contributed by atoms with Crippen molar-refractivity contribution in [2.75, 3.05) is 0 Å². The molecular weight excluding hydrogens is 148 g/mol. The third-order valence-electron chi connectivity index (χ3n) is 1.38. The number of rotatable bonds is 4. The van der Waals surface area contributed by atoms with Crippen LogP contribution in [0.15, 0.2) is 0 Å². The summed E-state index contributed by atoms with van der Waals surface area (Å²) in [5, 5.41) is -0.259. The highest BCUT2D eigenvalue weighted by Crippen LogP contribution is 2.12. The second-order valence-electron chi connectivity index (χ2n) is 2.92. The minimum absolute atomic E-state index is 0.162. The Balaban J connectivity index is 3.61. The van der Waals surface area contributed by atoms with E-state index in [-0.39, 0.29) is 11.2 Å². The number of hydrogen-bond acceptors (Lipinski definition) is 1. The largest absolute Gasteiger partial charge is 0.298 e. The predicted octanol–water partition coefficient (Wildman–Crippen LogP) is 2.62. The van der Waals surface area contributed by atoms with Gasteiger partial charge in [0.2, 0.25) is 0 Å². The summed E-state index contributed by atoms with van der Waals surface area (Å²) in [6.45, 7) is 5.98. The van der Waals surface area contributed by atoms with Crippen LogP contribution in [0.4, 0.5) is 0 Å². The minimum atomic E-state index is -0.259. The number of ketones is 1. The van der Waals surface area contributed by atoms with Crippen molar-refractivity contribution in [2.24, 2.45) is 5.92 Å². The minimum Gasteiger partial charge on any atom is -0.298 e. The standard InChI is InChI=1S/C8H15ClO/c1-4-8(10)7(9)5-6(2)3/h6-7H,4-5H2,1-3H3. The molecule has 0 N–H and O–H groups in total.